The Morgan fingerprint density at radius 1 is 0.949 bits per heavy atom. The summed E-state index contributed by atoms with van der Waals surface area (Å²) in [6.45, 7) is 10.5. The van der Waals surface area contributed by atoms with Crippen LogP contribution in [0.4, 0.5) is 4.39 Å². The molecule has 0 bridgehead atoms. The topological polar surface area (TPSA) is 118 Å². The van der Waals surface area contributed by atoms with Crippen molar-refractivity contribution in [3.8, 4) is 17.2 Å². The molecular weight excluding hydrogens is 770 g/mol. The molecule has 0 aliphatic carbocycles. The van der Waals surface area contributed by atoms with Crippen molar-refractivity contribution in [2.24, 2.45) is 4.36 Å². The zero-order valence-electron chi connectivity index (χ0n) is 34.2. The lowest BCUT2D eigenvalue weighted by Gasteiger charge is -2.34. The number of imidazole rings is 1. The summed E-state index contributed by atoms with van der Waals surface area (Å²) < 4.78 is 50.8. The van der Waals surface area contributed by atoms with Gasteiger partial charge in [-0.2, -0.15) is 5.10 Å². The van der Waals surface area contributed by atoms with Gasteiger partial charge in [0.05, 0.1) is 38.9 Å². The van der Waals surface area contributed by atoms with E-state index in [2.05, 4.69) is 27.1 Å². The van der Waals surface area contributed by atoms with Crippen LogP contribution in [0.1, 0.15) is 83.5 Å². The first-order valence-electron chi connectivity index (χ1n) is 20.6. The number of rotatable bonds is 9. The lowest BCUT2D eigenvalue weighted by Crippen LogP contribution is -2.41. The van der Waals surface area contributed by atoms with Crippen LogP contribution < -0.4 is 5.69 Å². The zero-order valence-corrected chi connectivity index (χ0v) is 35.0. The molecule has 6 aromatic rings. The first-order chi connectivity index (χ1) is 28.5. The fourth-order valence-corrected chi connectivity index (χ4v) is 10.4. The molecule has 0 spiro atoms. The number of amides is 1. The van der Waals surface area contributed by atoms with Crippen molar-refractivity contribution in [2.75, 3.05) is 39.2 Å². The van der Waals surface area contributed by atoms with E-state index in [4.69, 9.17) is 14.6 Å². The van der Waals surface area contributed by atoms with Crippen molar-refractivity contribution in [3.05, 3.63) is 123 Å². The Labute approximate surface area is 343 Å². The van der Waals surface area contributed by atoms with Crippen molar-refractivity contribution >= 4 is 26.5 Å². The number of ether oxygens (including phenoxy) is 2. The van der Waals surface area contributed by atoms with Gasteiger partial charge in [-0.1, -0.05) is 13.0 Å². The van der Waals surface area contributed by atoms with Crippen molar-refractivity contribution in [3.63, 3.8) is 0 Å². The van der Waals surface area contributed by atoms with Crippen molar-refractivity contribution < 1.29 is 22.9 Å². The van der Waals surface area contributed by atoms with E-state index in [0.29, 0.717) is 70.1 Å². The van der Waals surface area contributed by atoms with E-state index in [1.54, 1.807) is 78.9 Å². The van der Waals surface area contributed by atoms with Crippen LogP contribution in [0, 0.1) is 19.7 Å². The summed E-state index contributed by atoms with van der Waals surface area (Å²) in [5.74, 6) is 0.881. The lowest BCUT2D eigenvalue weighted by atomic mass is 9.91. The summed E-state index contributed by atoms with van der Waals surface area (Å²) in [5.41, 5.74) is 6.14. The highest BCUT2D eigenvalue weighted by molar-refractivity contribution is 7.93. The van der Waals surface area contributed by atoms with Gasteiger partial charge in [0, 0.05) is 85.9 Å². The molecule has 6 heterocycles. The third kappa shape index (κ3) is 6.74. The van der Waals surface area contributed by atoms with E-state index in [9.17, 15) is 9.00 Å². The molecule has 3 aromatic heterocycles. The van der Waals surface area contributed by atoms with Crippen LogP contribution in [0.2, 0.25) is 0 Å². The standard InChI is InChI=1S/C45H50FN7O5S/c1-6-59(56,47-5)37-10-8-34(9-11-37)50-18-19-51(45(50)55)43-41-30(4)49(17-13-38(41)48-53(43)35-23-28(2)42(46)29(3)24-35)44(54)40-26-33-25-32(31-14-20-57-21-15-31)7-12-39(33)52(40)27-36-16-22-58-36/h7-12,18-19,23-26,30-31,36H,6,13-17,20-22,27H2,1-5H3/t30-,36+,59?/m0/s1. The minimum Gasteiger partial charge on any atom is -0.381 e. The van der Waals surface area contributed by atoms with E-state index >= 15 is 9.18 Å². The summed E-state index contributed by atoms with van der Waals surface area (Å²) in [5, 5.41) is 6.11. The van der Waals surface area contributed by atoms with Crippen LogP contribution >= 0.6 is 0 Å². The second-order valence-corrected chi connectivity index (χ2v) is 18.7. The van der Waals surface area contributed by atoms with Gasteiger partial charge in [-0.15, -0.1) is 0 Å². The molecule has 0 radical (unpaired) electrons. The van der Waals surface area contributed by atoms with E-state index in [0.717, 1.165) is 61.2 Å². The SMILES string of the molecule is CCS(=O)(=NC)c1ccc(-n2ccn(-c3c4c(nn3-c3cc(C)c(F)c(C)c3)CCN(C(=O)c3cc5cc(C6CCOCC6)ccc5n3C[C@H]3CCO3)[C@H]4C)c2=O)cc1. The van der Waals surface area contributed by atoms with E-state index in [1.807, 2.05) is 24.8 Å². The zero-order chi connectivity index (χ0) is 41.2. The Kier molecular flexibility index (Phi) is 10.2. The maximum Gasteiger partial charge on any atom is 0.338 e. The minimum absolute atomic E-state index is 0.0367. The molecule has 3 aliphatic heterocycles. The number of carbonyl (C=O) groups excluding carboxylic acids is 1. The third-order valence-corrected chi connectivity index (χ3v) is 14.9. The minimum atomic E-state index is -2.55. The monoisotopic (exact) mass is 819 g/mol. The van der Waals surface area contributed by atoms with Gasteiger partial charge in [0.1, 0.15) is 17.3 Å². The molecule has 59 heavy (non-hydrogen) atoms. The number of benzene rings is 3. The number of hydrogen-bond acceptors (Lipinski definition) is 7. The number of aromatic nitrogens is 5. The molecule has 3 aromatic carbocycles. The van der Waals surface area contributed by atoms with Gasteiger partial charge in [0.15, 0.2) is 0 Å². The molecule has 14 heteroatoms. The molecule has 3 aliphatic rings. The van der Waals surface area contributed by atoms with Crippen molar-refractivity contribution in [1.29, 1.82) is 0 Å². The number of hydrogen-bond donors (Lipinski definition) is 0. The molecule has 9 rings (SSSR count). The summed E-state index contributed by atoms with van der Waals surface area (Å²) >= 11 is 0. The molecule has 0 saturated carbocycles. The van der Waals surface area contributed by atoms with Gasteiger partial charge >= 0.3 is 5.69 Å². The molecule has 1 amide bonds. The number of aryl methyl sites for hydroxylation is 2. The highest BCUT2D eigenvalue weighted by Gasteiger charge is 2.37. The first kappa shape index (κ1) is 39.2. The first-order valence-corrected chi connectivity index (χ1v) is 22.2. The van der Waals surface area contributed by atoms with Crippen LogP contribution in [-0.2, 0) is 32.2 Å². The molecule has 12 nitrogen and oxygen atoms in total. The number of carbonyl (C=O) groups is 1. The number of halogens is 1. The van der Waals surface area contributed by atoms with Crippen molar-refractivity contribution in [1.82, 2.24) is 28.4 Å². The second kappa shape index (κ2) is 15.4. The molecule has 2 saturated heterocycles. The fourth-order valence-electron chi connectivity index (χ4n) is 9.07. The van der Waals surface area contributed by atoms with Gasteiger partial charge in [-0.25, -0.2) is 22.4 Å². The number of fused-ring (bicyclic) bond motifs is 2. The van der Waals surface area contributed by atoms with Crippen molar-refractivity contribution in [2.45, 2.75) is 82.9 Å². The summed E-state index contributed by atoms with van der Waals surface area (Å²) in [6, 6.07) is 18.6. The summed E-state index contributed by atoms with van der Waals surface area (Å²) in [4.78, 5) is 32.0. The normalized spacial score (nSPS) is 19.4. The van der Waals surface area contributed by atoms with Gasteiger partial charge < -0.3 is 18.9 Å². The largest absolute Gasteiger partial charge is 0.381 e. The Hall–Kier alpha value is -5.31. The van der Waals surface area contributed by atoms with Gasteiger partial charge in [0.2, 0.25) is 0 Å². The van der Waals surface area contributed by atoms with Gasteiger partial charge in [0.25, 0.3) is 5.91 Å². The average Bonchev–Trinajstić information content (AvgIpc) is 3.93. The van der Waals surface area contributed by atoms with Crippen LogP contribution in [-0.4, -0.2) is 83.8 Å². The smallest absolute Gasteiger partial charge is 0.338 e. The van der Waals surface area contributed by atoms with E-state index in [1.165, 1.54) is 10.1 Å². The van der Waals surface area contributed by atoms with Crippen LogP contribution in [0.5, 0.6) is 0 Å². The van der Waals surface area contributed by atoms with Crippen LogP contribution in [0.3, 0.4) is 0 Å². The molecular formula is C45H50FN7O5S. The second-order valence-electron chi connectivity index (χ2n) is 16.0. The van der Waals surface area contributed by atoms with E-state index < -0.39 is 15.8 Å². The molecule has 2 fully saturated rings. The van der Waals surface area contributed by atoms with Crippen LogP contribution in [0.25, 0.3) is 28.1 Å². The highest BCUT2D eigenvalue weighted by Crippen LogP contribution is 2.38. The van der Waals surface area contributed by atoms with E-state index in [-0.39, 0.29) is 23.5 Å². The Balaban J connectivity index is 1.14. The Morgan fingerprint density at radius 2 is 1.66 bits per heavy atom. The maximum absolute atomic E-state index is 15.0. The summed E-state index contributed by atoms with van der Waals surface area (Å²) in [6.07, 6.45) is 6.78. The highest BCUT2D eigenvalue weighted by atomic mass is 32.2. The van der Waals surface area contributed by atoms with Gasteiger partial charge in [-0.3, -0.25) is 13.9 Å². The predicted molar refractivity (Wildman–Crippen MR) is 225 cm³/mol. The molecule has 3 atom stereocenters. The maximum atomic E-state index is 15.0. The number of nitrogens with zero attached hydrogens (tertiary/aromatic N) is 7. The molecule has 1 unspecified atom stereocenters. The van der Waals surface area contributed by atoms with Crippen LogP contribution in [0.15, 0.2) is 87.1 Å². The average molecular weight is 820 g/mol. The Bertz CT molecular complexity index is 2760. The third-order valence-electron chi connectivity index (χ3n) is 12.6. The van der Waals surface area contributed by atoms with Gasteiger partial charge in [-0.05, 0) is 117 Å². The summed E-state index contributed by atoms with van der Waals surface area (Å²) in [7, 11) is -0.993. The molecule has 308 valence electrons. The molecule has 0 N–H and O–H groups in total. The Morgan fingerprint density at radius 3 is 2.32 bits per heavy atom. The predicted octanol–water partition coefficient (Wildman–Crippen LogP) is 7.44. The lowest BCUT2D eigenvalue weighted by molar-refractivity contribution is -0.0588. The fraction of sp³-hybridized carbons (Fsp3) is 0.400. The quantitative estimate of drug-likeness (QED) is 0.150.